The van der Waals surface area contributed by atoms with Crippen LogP contribution in [-0.2, 0) is 13.0 Å². The summed E-state index contributed by atoms with van der Waals surface area (Å²) < 4.78 is 2.04. The van der Waals surface area contributed by atoms with E-state index in [9.17, 15) is 0 Å². The molecule has 4 heteroatoms. The monoisotopic (exact) mass is 238 g/mol. The highest BCUT2D eigenvalue weighted by atomic mass is 15.3. The largest absolute Gasteiger partial charge is 0.314 e. The Morgan fingerprint density at radius 2 is 2.12 bits per heavy atom. The fraction of sp³-hybridized carbons (Fsp3) is 0.846. The third kappa shape index (κ3) is 4.11. The molecule has 17 heavy (non-hydrogen) atoms. The van der Waals surface area contributed by atoms with Gasteiger partial charge in [0.05, 0.1) is 0 Å². The second kappa shape index (κ2) is 7.43. The molecule has 0 saturated carbocycles. The smallest absolute Gasteiger partial charge is 0.138 e. The van der Waals surface area contributed by atoms with Crippen LogP contribution in [-0.4, -0.2) is 27.4 Å². The first-order chi connectivity index (χ1) is 8.22. The van der Waals surface area contributed by atoms with E-state index >= 15 is 0 Å². The average Bonchev–Trinajstić information content (AvgIpc) is 2.74. The summed E-state index contributed by atoms with van der Waals surface area (Å²) in [6.45, 7) is 10.8. The van der Waals surface area contributed by atoms with Gasteiger partial charge in [-0.05, 0) is 25.8 Å². The predicted octanol–water partition coefficient (Wildman–Crippen LogP) is 2.25. The number of aromatic nitrogens is 3. The number of rotatable bonds is 8. The molecule has 2 atom stereocenters. The van der Waals surface area contributed by atoms with Gasteiger partial charge in [-0.1, -0.05) is 27.2 Å². The van der Waals surface area contributed by atoms with Gasteiger partial charge >= 0.3 is 0 Å². The number of nitrogens with zero attached hydrogens (tertiary/aromatic N) is 3. The van der Waals surface area contributed by atoms with Crippen molar-refractivity contribution in [3.05, 3.63) is 12.2 Å². The highest BCUT2D eigenvalue weighted by molar-refractivity contribution is 4.89. The Hall–Kier alpha value is -0.900. The molecule has 0 bridgehead atoms. The van der Waals surface area contributed by atoms with E-state index in [0.717, 1.165) is 31.8 Å². The molecule has 4 nitrogen and oxygen atoms in total. The zero-order valence-electron chi connectivity index (χ0n) is 11.6. The highest BCUT2D eigenvalue weighted by Crippen LogP contribution is 2.14. The van der Waals surface area contributed by atoms with Crippen LogP contribution in [0.15, 0.2) is 6.33 Å². The summed E-state index contributed by atoms with van der Waals surface area (Å²) in [4.78, 5) is 4.39. The Morgan fingerprint density at radius 3 is 2.71 bits per heavy atom. The van der Waals surface area contributed by atoms with Crippen molar-refractivity contribution < 1.29 is 0 Å². The number of hydrogen-bond donors (Lipinski definition) is 1. The van der Waals surface area contributed by atoms with E-state index in [1.807, 2.05) is 4.68 Å². The topological polar surface area (TPSA) is 42.7 Å². The van der Waals surface area contributed by atoms with Crippen molar-refractivity contribution in [2.75, 3.05) is 6.54 Å². The first-order valence-electron chi connectivity index (χ1n) is 6.82. The zero-order chi connectivity index (χ0) is 12.7. The average molecular weight is 238 g/mol. The summed E-state index contributed by atoms with van der Waals surface area (Å²) in [5, 5.41) is 7.79. The molecule has 0 aromatic carbocycles. The molecule has 0 saturated heterocycles. The maximum Gasteiger partial charge on any atom is 0.138 e. The molecule has 1 aromatic rings. The van der Waals surface area contributed by atoms with Crippen molar-refractivity contribution in [3.63, 3.8) is 0 Å². The van der Waals surface area contributed by atoms with Gasteiger partial charge in [-0.3, -0.25) is 4.68 Å². The van der Waals surface area contributed by atoms with Gasteiger partial charge in [0.25, 0.3) is 0 Å². The Kier molecular flexibility index (Phi) is 6.19. The van der Waals surface area contributed by atoms with Crippen LogP contribution < -0.4 is 5.32 Å². The summed E-state index contributed by atoms with van der Waals surface area (Å²) in [5.74, 6) is 1.76. The molecule has 0 aliphatic rings. The van der Waals surface area contributed by atoms with Crippen LogP contribution in [0, 0.1) is 5.92 Å². The van der Waals surface area contributed by atoms with E-state index in [-0.39, 0.29) is 0 Å². The van der Waals surface area contributed by atoms with E-state index in [1.165, 1.54) is 6.42 Å². The van der Waals surface area contributed by atoms with Gasteiger partial charge in [0.1, 0.15) is 12.2 Å². The Bertz CT molecular complexity index is 308. The van der Waals surface area contributed by atoms with Crippen molar-refractivity contribution in [3.8, 4) is 0 Å². The molecule has 0 radical (unpaired) electrons. The van der Waals surface area contributed by atoms with Crippen LogP contribution in [0.4, 0.5) is 0 Å². The SMILES string of the molecule is CCCn1ncnc1CC(CC)C(C)NCC. The van der Waals surface area contributed by atoms with Gasteiger partial charge in [0.15, 0.2) is 0 Å². The fourth-order valence-corrected chi connectivity index (χ4v) is 2.24. The Labute approximate surface area is 105 Å². The van der Waals surface area contributed by atoms with Gasteiger partial charge in [-0.25, -0.2) is 4.98 Å². The second-order valence-electron chi connectivity index (χ2n) is 4.62. The molecule has 2 unspecified atom stereocenters. The van der Waals surface area contributed by atoms with Crippen molar-refractivity contribution >= 4 is 0 Å². The summed E-state index contributed by atoms with van der Waals surface area (Å²) >= 11 is 0. The minimum absolute atomic E-state index is 0.539. The van der Waals surface area contributed by atoms with E-state index in [1.54, 1.807) is 6.33 Å². The summed E-state index contributed by atoms with van der Waals surface area (Å²) in [6.07, 6.45) is 4.98. The maximum absolute atomic E-state index is 4.39. The van der Waals surface area contributed by atoms with Crippen LogP contribution in [0.2, 0.25) is 0 Å². The summed E-state index contributed by atoms with van der Waals surface area (Å²) in [7, 11) is 0. The molecular formula is C13H26N4. The lowest BCUT2D eigenvalue weighted by Crippen LogP contribution is -2.34. The lowest BCUT2D eigenvalue weighted by atomic mass is 9.94. The van der Waals surface area contributed by atoms with Crippen LogP contribution in [0.1, 0.15) is 46.4 Å². The van der Waals surface area contributed by atoms with Gasteiger partial charge in [-0.15, -0.1) is 0 Å². The Balaban J connectivity index is 2.63. The van der Waals surface area contributed by atoms with Crippen LogP contribution in [0.25, 0.3) is 0 Å². The molecule has 0 spiro atoms. The first-order valence-corrected chi connectivity index (χ1v) is 6.82. The minimum atomic E-state index is 0.539. The van der Waals surface area contributed by atoms with Crippen molar-refractivity contribution in [2.24, 2.45) is 5.92 Å². The minimum Gasteiger partial charge on any atom is -0.314 e. The lowest BCUT2D eigenvalue weighted by Gasteiger charge is -2.23. The van der Waals surface area contributed by atoms with Crippen LogP contribution in [0.5, 0.6) is 0 Å². The van der Waals surface area contributed by atoms with Crippen LogP contribution in [0.3, 0.4) is 0 Å². The molecule has 1 rings (SSSR count). The molecular weight excluding hydrogens is 212 g/mol. The number of aryl methyl sites for hydroxylation is 1. The van der Waals surface area contributed by atoms with E-state index in [2.05, 4.69) is 43.1 Å². The lowest BCUT2D eigenvalue weighted by molar-refractivity contribution is 0.355. The molecule has 0 aliphatic heterocycles. The van der Waals surface area contributed by atoms with Crippen molar-refractivity contribution in [1.29, 1.82) is 0 Å². The summed E-state index contributed by atoms with van der Waals surface area (Å²) in [6, 6.07) is 0.539. The molecule has 0 aliphatic carbocycles. The van der Waals surface area contributed by atoms with Crippen molar-refractivity contribution in [1.82, 2.24) is 20.1 Å². The quantitative estimate of drug-likeness (QED) is 0.755. The van der Waals surface area contributed by atoms with E-state index < -0.39 is 0 Å². The number of hydrogen-bond acceptors (Lipinski definition) is 3. The third-order valence-corrected chi connectivity index (χ3v) is 3.33. The molecule has 1 N–H and O–H groups in total. The standard InChI is InChI=1S/C13H26N4/c1-5-8-17-13(15-10-16-17)9-12(6-2)11(4)14-7-3/h10-12,14H,5-9H2,1-4H3. The van der Waals surface area contributed by atoms with Crippen molar-refractivity contribution in [2.45, 2.75) is 59.5 Å². The van der Waals surface area contributed by atoms with Gasteiger partial charge < -0.3 is 5.32 Å². The summed E-state index contributed by atoms with van der Waals surface area (Å²) in [5.41, 5.74) is 0. The first kappa shape index (κ1) is 14.2. The molecule has 0 fully saturated rings. The molecule has 1 heterocycles. The van der Waals surface area contributed by atoms with E-state index in [4.69, 9.17) is 0 Å². The predicted molar refractivity (Wildman–Crippen MR) is 70.9 cm³/mol. The van der Waals surface area contributed by atoms with Gasteiger partial charge in [0.2, 0.25) is 0 Å². The fourth-order valence-electron chi connectivity index (χ4n) is 2.24. The van der Waals surface area contributed by atoms with E-state index in [0.29, 0.717) is 12.0 Å². The molecule has 1 aromatic heterocycles. The molecule has 0 amide bonds. The third-order valence-electron chi connectivity index (χ3n) is 3.33. The van der Waals surface area contributed by atoms with Crippen LogP contribution >= 0.6 is 0 Å². The molecule has 98 valence electrons. The Morgan fingerprint density at radius 1 is 1.35 bits per heavy atom. The van der Waals surface area contributed by atoms with Gasteiger partial charge in [0, 0.05) is 19.0 Å². The highest BCUT2D eigenvalue weighted by Gasteiger charge is 2.17. The maximum atomic E-state index is 4.39. The normalized spacial score (nSPS) is 14.8. The zero-order valence-corrected chi connectivity index (χ0v) is 11.6. The number of nitrogens with one attached hydrogen (secondary N) is 1. The second-order valence-corrected chi connectivity index (χ2v) is 4.62. The van der Waals surface area contributed by atoms with Gasteiger partial charge in [-0.2, -0.15) is 5.10 Å².